The quantitative estimate of drug-likeness (QED) is 0.490. The van der Waals surface area contributed by atoms with E-state index in [-0.39, 0.29) is 12.1 Å². The van der Waals surface area contributed by atoms with Crippen LogP contribution in [0.1, 0.15) is 22.6 Å². The van der Waals surface area contributed by atoms with Crippen LogP contribution in [0.3, 0.4) is 0 Å². The molecule has 0 radical (unpaired) electrons. The van der Waals surface area contributed by atoms with Crippen molar-refractivity contribution < 1.29 is 17.7 Å². The lowest BCUT2D eigenvalue weighted by molar-refractivity contribution is -0.138. The Morgan fingerprint density at radius 3 is 2.52 bits per heavy atom. The van der Waals surface area contributed by atoms with E-state index in [1.54, 1.807) is 13.0 Å². The molecule has 0 atom stereocenters. The van der Waals surface area contributed by atoms with E-state index in [1.807, 2.05) is 31.2 Å². The van der Waals surface area contributed by atoms with E-state index in [0.29, 0.717) is 28.6 Å². The van der Waals surface area contributed by atoms with Crippen molar-refractivity contribution in [3.05, 3.63) is 71.1 Å². The highest BCUT2D eigenvalue weighted by Crippen LogP contribution is 2.33. The van der Waals surface area contributed by atoms with Gasteiger partial charge >= 0.3 is 6.18 Å². The number of anilines is 1. The van der Waals surface area contributed by atoms with Crippen molar-refractivity contribution in [3.8, 4) is 11.4 Å². The molecule has 2 aromatic heterocycles. The third-order valence-electron chi connectivity index (χ3n) is 4.51. The van der Waals surface area contributed by atoms with Crippen LogP contribution >= 0.6 is 0 Å². The number of pyridine rings is 1. The second kappa shape index (κ2) is 7.20. The number of aryl methyl sites for hydroxylation is 2. The van der Waals surface area contributed by atoms with Crippen molar-refractivity contribution in [3.63, 3.8) is 0 Å². The van der Waals surface area contributed by atoms with Gasteiger partial charge in [-0.2, -0.15) is 18.2 Å². The summed E-state index contributed by atoms with van der Waals surface area (Å²) in [5.74, 6) is 1.10. The number of rotatable bonds is 4. The van der Waals surface area contributed by atoms with Gasteiger partial charge in [0.05, 0.1) is 16.6 Å². The van der Waals surface area contributed by atoms with Gasteiger partial charge in [-0.1, -0.05) is 35.0 Å². The Labute approximate surface area is 164 Å². The third-order valence-corrected chi connectivity index (χ3v) is 4.51. The van der Waals surface area contributed by atoms with Gasteiger partial charge in [-0.05, 0) is 36.8 Å². The topological polar surface area (TPSA) is 63.8 Å². The monoisotopic (exact) mass is 398 g/mol. The fourth-order valence-corrected chi connectivity index (χ4v) is 3.14. The molecular weight excluding hydrogens is 381 g/mol. The first kappa shape index (κ1) is 18.9. The molecule has 0 aliphatic rings. The van der Waals surface area contributed by atoms with Crippen LogP contribution in [0.5, 0.6) is 0 Å². The van der Waals surface area contributed by atoms with Crippen molar-refractivity contribution in [2.45, 2.75) is 26.6 Å². The van der Waals surface area contributed by atoms with E-state index in [2.05, 4.69) is 20.4 Å². The molecule has 0 saturated heterocycles. The van der Waals surface area contributed by atoms with Gasteiger partial charge in [-0.15, -0.1) is 0 Å². The van der Waals surface area contributed by atoms with Crippen molar-refractivity contribution in [2.75, 3.05) is 5.32 Å². The lowest BCUT2D eigenvalue weighted by Crippen LogP contribution is -2.12. The number of hydrogen-bond acceptors (Lipinski definition) is 5. The summed E-state index contributed by atoms with van der Waals surface area (Å²) >= 11 is 0. The summed E-state index contributed by atoms with van der Waals surface area (Å²) in [6.07, 6.45) is -4.43. The first-order valence-electron chi connectivity index (χ1n) is 8.92. The first-order chi connectivity index (χ1) is 13.8. The zero-order valence-electron chi connectivity index (χ0n) is 15.7. The Hall–Kier alpha value is -3.42. The average molecular weight is 398 g/mol. The van der Waals surface area contributed by atoms with Crippen LogP contribution in [0.2, 0.25) is 0 Å². The highest BCUT2D eigenvalue weighted by atomic mass is 19.4. The Kier molecular flexibility index (Phi) is 4.70. The first-order valence-corrected chi connectivity index (χ1v) is 8.92. The maximum atomic E-state index is 13.3. The summed E-state index contributed by atoms with van der Waals surface area (Å²) in [5, 5.41) is 7.84. The number of aromatic nitrogens is 3. The zero-order valence-corrected chi connectivity index (χ0v) is 15.7. The molecule has 0 unspecified atom stereocenters. The number of fused-ring (bicyclic) bond motifs is 1. The molecule has 0 fully saturated rings. The van der Waals surface area contributed by atoms with E-state index in [9.17, 15) is 13.2 Å². The minimum Gasteiger partial charge on any atom is -0.365 e. The molecule has 2 heterocycles. The van der Waals surface area contributed by atoms with E-state index >= 15 is 0 Å². The standard InChI is InChI=1S/C21H17F3N4O/c1-12-7-8-18-15(9-12)10-16(20-26-13(2)29-28-20)19(27-18)25-11-14-5-3-4-6-17(14)21(22,23)24/h3-10H,11H2,1-2H3,(H,25,27). The molecule has 0 amide bonds. The Balaban J connectivity index is 1.76. The van der Waals surface area contributed by atoms with Crippen LogP contribution in [0.4, 0.5) is 19.0 Å². The van der Waals surface area contributed by atoms with Gasteiger partial charge in [0, 0.05) is 18.9 Å². The summed E-state index contributed by atoms with van der Waals surface area (Å²) in [4.78, 5) is 8.84. The molecule has 1 N–H and O–H groups in total. The molecule has 8 heteroatoms. The number of nitrogens with one attached hydrogen (secondary N) is 1. The van der Waals surface area contributed by atoms with Gasteiger partial charge in [0.25, 0.3) is 0 Å². The SMILES string of the molecule is Cc1ccc2nc(NCc3ccccc3C(F)(F)F)c(-c3noc(C)n3)cc2c1. The molecule has 4 aromatic rings. The van der Waals surface area contributed by atoms with Crippen molar-refractivity contribution >= 4 is 16.7 Å². The number of nitrogens with zero attached hydrogens (tertiary/aromatic N) is 3. The minimum absolute atomic E-state index is 0.0517. The van der Waals surface area contributed by atoms with E-state index in [4.69, 9.17) is 4.52 Å². The fraction of sp³-hybridized carbons (Fsp3) is 0.190. The minimum atomic E-state index is -4.43. The molecule has 4 rings (SSSR count). The largest absolute Gasteiger partial charge is 0.416 e. The molecule has 0 bridgehead atoms. The third kappa shape index (κ3) is 3.91. The predicted molar refractivity (Wildman–Crippen MR) is 103 cm³/mol. The van der Waals surface area contributed by atoms with Crippen LogP contribution in [0, 0.1) is 13.8 Å². The molecule has 148 valence electrons. The Morgan fingerprint density at radius 1 is 1.00 bits per heavy atom. The van der Waals surface area contributed by atoms with Crippen LogP contribution in [-0.2, 0) is 12.7 Å². The average Bonchev–Trinajstić information content (AvgIpc) is 3.11. The van der Waals surface area contributed by atoms with Gasteiger partial charge in [-0.3, -0.25) is 0 Å². The van der Waals surface area contributed by atoms with Gasteiger partial charge < -0.3 is 9.84 Å². The van der Waals surface area contributed by atoms with Crippen molar-refractivity contribution in [1.29, 1.82) is 0 Å². The highest BCUT2D eigenvalue weighted by Gasteiger charge is 2.32. The smallest absolute Gasteiger partial charge is 0.365 e. The van der Waals surface area contributed by atoms with E-state index < -0.39 is 11.7 Å². The van der Waals surface area contributed by atoms with Crippen molar-refractivity contribution in [1.82, 2.24) is 15.1 Å². The molecule has 0 aliphatic heterocycles. The summed E-state index contributed by atoms with van der Waals surface area (Å²) in [6.45, 7) is 3.59. The number of alkyl halides is 3. The zero-order chi connectivity index (χ0) is 20.6. The highest BCUT2D eigenvalue weighted by molar-refractivity contribution is 5.88. The van der Waals surface area contributed by atoms with Gasteiger partial charge in [0.2, 0.25) is 11.7 Å². The summed E-state index contributed by atoms with van der Waals surface area (Å²) in [6, 6.07) is 13.1. The number of hydrogen-bond donors (Lipinski definition) is 1. The van der Waals surface area contributed by atoms with Gasteiger partial charge in [0.1, 0.15) is 5.82 Å². The summed E-state index contributed by atoms with van der Waals surface area (Å²) in [7, 11) is 0. The molecule has 0 spiro atoms. The summed E-state index contributed by atoms with van der Waals surface area (Å²) < 4.78 is 44.9. The fourth-order valence-electron chi connectivity index (χ4n) is 3.14. The molecule has 29 heavy (non-hydrogen) atoms. The molecule has 0 aliphatic carbocycles. The maximum absolute atomic E-state index is 13.3. The van der Waals surface area contributed by atoms with E-state index in [1.165, 1.54) is 12.1 Å². The van der Waals surface area contributed by atoms with Gasteiger partial charge in [-0.25, -0.2) is 4.98 Å². The van der Waals surface area contributed by atoms with Gasteiger partial charge in [0.15, 0.2) is 0 Å². The Morgan fingerprint density at radius 2 is 1.79 bits per heavy atom. The van der Waals surface area contributed by atoms with E-state index in [0.717, 1.165) is 17.0 Å². The summed E-state index contributed by atoms with van der Waals surface area (Å²) in [5.41, 5.74) is 1.78. The predicted octanol–water partition coefficient (Wildman–Crippen LogP) is 5.53. The lowest BCUT2D eigenvalue weighted by Gasteiger charge is -2.15. The van der Waals surface area contributed by atoms with Crippen LogP contribution in [-0.4, -0.2) is 15.1 Å². The molecular formula is C21H17F3N4O. The second-order valence-electron chi connectivity index (χ2n) is 6.73. The maximum Gasteiger partial charge on any atom is 0.416 e. The molecule has 0 saturated carbocycles. The van der Waals surface area contributed by atoms with Crippen LogP contribution < -0.4 is 5.32 Å². The Bertz CT molecular complexity index is 1180. The van der Waals surface area contributed by atoms with Crippen LogP contribution in [0.25, 0.3) is 22.3 Å². The lowest BCUT2D eigenvalue weighted by atomic mass is 10.1. The second-order valence-corrected chi connectivity index (χ2v) is 6.73. The molecule has 5 nitrogen and oxygen atoms in total. The van der Waals surface area contributed by atoms with Crippen molar-refractivity contribution in [2.24, 2.45) is 0 Å². The number of halogens is 3. The van der Waals surface area contributed by atoms with Crippen LogP contribution in [0.15, 0.2) is 53.1 Å². The molecule has 2 aromatic carbocycles. The number of benzene rings is 2. The normalized spacial score (nSPS) is 11.8.